The normalized spacial score (nSPS) is 11.0. The molecule has 2 aromatic carbocycles. The number of H-pyrrole nitrogens is 1. The van der Waals surface area contributed by atoms with Crippen molar-refractivity contribution in [2.45, 2.75) is 20.0 Å². The van der Waals surface area contributed by atoms with E-state index in [1.807, 2.05) is 37.3 Å². The Morgan fingerprint density at radius 3 is 2.60 bits per heavy atom. The van der Waals surface area contributed by atoms with E-state index in [0.29, 0.717) is 11.4 Å². The predicted octanol–water partition coefficient (Wildman–Crippen LogP) is 2.23. The maximum Gasteiger partial charge on any atom is 0.329 e. The Hall–Kier alpha value is -3.94. The summed E-state index contributed by atoms with van der Waals surface area (Å²) in [6, 6.07) is 16.7. The molecule has 0 bridgehead atoms. The minimum Gasteiger partial charge on any atom is -0.378 e. The molecule has 0 aliphatic rings. The fourth-order valence-corrected chi connectivity index (χ4v) is 3.38. The topological polar surface area (TPSA) is 102 Å². The molecule has 0 spiro atoms. The molecule has 30 heavy (non-hydrogen) atoms. The van der Waals surface area contributed by atoms with Gasteiger partial charge >= 0.3 is 5.69 Å². The van der Waals surface area contributed by atoms with Crippen LogP contribution in [0.3, 0.4) is 0 Å². The molecule has 4 rings (SSSR count). The number of carbonyl (C=O) groups is 1. The van der Waals surface area contributed by atoms with Crippen LogP contribution < -0.4 is 16.6 Å². The highest BCUT2D eigenvalue weighted by atomic mass is 16.2. The van der Waals surface area contributed by atoms with Crippen LogP contribution in [0.1, 0.15) is 21.7 Å². The summed E-state index contributed by atoms with van der Waals surface area (Å²) >= 11 is 0. The number of Topliss-reactive ketones (excluding diaryl/α,β-unsaturated/α-hetero) is 1. The number of anilines is 1. The van der Waals surface area contributed by atoms with Crippen LogP contribution in [0.4, 0.5) is 5.69 Å². The molecule has 8 heteroatoms. The first-order chi connectivity index (χ1) is 14.4. The average molecular weight is 403 g/mol. The molecule has 2 N–H and O–H groups in total. The van der Waals surface area contributed by atoms with Gasteiger partial charge in [0, 0.05) is 18.3 Å². The van der Waals surface area contributed by atoms with Crippen molar-refractivity contribution in [1.82, 2.24) is 19.1 Å². The minimum absolute atomic E-state index is 0.0629. The number of aryl methyl sites for hydroxylation is 2. The third kappa shape index (κ3) is 3.67. The van der Waals surface area contributed by atoms with E-state index in [1.54, 1.807) is 28.8 Å². The number of hydrogen-bond donors (Lipinski definition) is 2. The minimum atomic E-state index is -0.566. The van der Waals surface area contributed by atoms with E-state index < -0.39 is 11.2 Å². The van der Waals surface area contributed by atoms with Crippen molar-refractivity contribution in [3.8, 4) is 0 Å². The van der Waals surface area contributed by atoms with E-state index in [0.717, 1.165) is 11.3 Å². The van der Waals surface area contributed by atoms with Gasteiger partial charge in [-0.1, -0.05) is 42.5 Å². The van der Waals surface area contributed by atoms with Gasteiger partial charge in [0.05, 0.1) is 13.1 Å². The van der Waals surface area contributed by atoms with Crippen molar-refractivity contribution in [3.05, 3.63) is 92.4 Å². The summed E-state index contributed by atoms with van der Waals surface area (Å²) in [5.41, 5.74) is 1.86. The molecule has 0 saturated heterocycles. The monoisotopic (exact) mass is 403 g/mol. The van der Waals surface area contributed by atoms with Crippen LogP contribution >= 0.6 is 0 Å². The summed E-state index contributed by atoms with van der Waals surface area (Å²) in [6.45, 7) is 2.22. The van der Waals surface area contributed by atoms with Crippen molar-refractivity contribution < 1.29 is 4.79 Å². The number of hydrogen-bond acceptors (Lipinski definition) is 5. The Morgan fingerprint density at radius 2 is 1.87 bits per heavy atom. The third-order valence-corrected chi connectivity index (χ3v) is 4.95. The van der Waals surface area contributed by atoms with Crippen molar-refractivity contribution >= 4 is 22.6 Å². The molecule has 0 atom stereocenters. The Balaban J connectivity index is 1.78. The molecule has 0 amide bonds. The number of rotatable bonds is 6. The number of benzene rings is 2. The molecule has 0 saturated carbocycles. The molecular weight excluding hydrogens is 382 g/mol. The highest BCUT2D eigenvalue weighted by Crippen LogP contribution is 2.16. The number of carbonyl (C=O) groups excluding carboxylic acids is 1. The standard InChI is InChI=1S/C22H21N5O3/c1-14-7-6-10-16(11-14)23-12-18-24-20-19(21(29)25-22(30)26(20)2)27(18)13-17(28)15-8-4-3-5-9-15/h3-11,23H,12-13H2,1-2H3,(H,25,29,30). The zero-order valence-corrected chi connectivity index (χ0v) is 16.7. The highest BCUT2D eigenvalue weighted by Gasteiger charge is 2.19. The molecule has 8 nitrogen and oxygen atoms in total. The summed E-state index contributed by atoms with van der Waals surface area (Å²) in [5, 5.41) is 3.28. The van der Waals surface area contributed by atoms with Gasteiger partial charge in [0.1, 0.15) is 5.82 Å². The van der Waals surface area contributed by atoms with E-state index in [4.69, 9.17) is 0 Å². The van der Waals surface area contributed by atoms with Crippen LogP contribution in [0.5, 0.6) is 0 Å². The molecule has 0 fully saturated rings. The summed E-state index contributed by atoms with van der Waals surface area (Å²) < 4.78 is 2.85. The quantitative estimate of drug-likeness (QED) is 0.481. The largest absolute Gasteiger partial charge is 0.378 e. The van der Waals surface area contributed by atoms with Crippen molar-refractivity contribution in [2.75, 3.05) is 5.32 Å². The second-order valence-electron chi connectivity index (χ2n) is 7.12. The summed E-state index contributed by atoms with van der Waals surface area (Å²) in [4.78, 5) is 44.2. The third-order valence-electron chi connectivity index (χ3n) is 4.95. The van der Waals surface area contributed by atoms with Gasteiger partial charge in [-0.05, 0) is 24.6 Å². The van der Waals surface area contributed by atoms with E-state index in [2.05, 4.69) is 15.3 Å². The van der Waals surface area contributed by atoms with Gasteiger partial charge < -0.3 is 9.88 Å². The van der Waals surface area contributed by atoms with Gasteiger partial charge in [0.2, 0.25) is 0 Å². The molecule has 0 radical (unpaired) electrons. The molecule has 0 aliphatic heterocycles. The number of ketones is 1. The van der Waals surface area contributed by atoms with E-state index in [-0.39, 0.29) is 30.0 Å². The van der Waals surface area contributed by atoms with Crippen molar-refractivity contribution in [3.63, 3.8) is 0 Å². The van der Waals surface area contributed by atoms with Gasteiger partial charge in [-0.3, -0.25) is 19.1 Å². The van der Waals surface area contributed by atoms with Crippen LogP contribution in [0.2, 0.25) is 0 Å². The summed E-state index contributed by atoms with van der Waals surface area (Å²) in [6.07, 6.45) is 0. The lowest BCUT2D eigenvalue weighted by molar-refractivity contribution is 0.0972. The van der Waals surface area contributed by atoms with E-state index in [9.17, 15) is 14.4 Å². The van der Waals surface area contributed by atoms with Crippen LogP contribution in [0.25, 0.3) is 11.2 Å². The number of fused-ring (bicyclic) bond motifs is 1. The lowest BCUT2D eigenvalue weighted by atomic mass is 10.1. The summed E-state index contributed by atoms with van der Waals surface area (Å²) in [7, 11) is 1.54. The SMILES string of the molecule is Cc1cccc(NCc2nc3c(c(=O)[nH]c(=O)n3C)n2CC(=O)c2ccccc2)c1. The molecule has 2 aromatic heterocycles. The number of aromatic amines is 1. The van der Waals surface area contributed by atoms with E-state index in [1.165, 1.54) is 11.6 Å². The van der Waals surface area contributed by atoms with Gasteiger partial charge in [-0.2, -0.15) is 0 Å². The Labute approximate surface area is 171 Å². The Morgan fingerprint density at radius 1 is 1.10 bits per heavy atom. The van der Waals surface area contributed by atoms with Crippen LogP contribution in [-0.4, -0.2) is 24.9 Å². The molecule has 0 unspecified atom stereocenters. The van der Waals surface area contributed by atoms with Crippen LogP contribution in [0, 0.1) is 6.92 Å². The van der Waals surface area contributed by atoms with Crippen molar-refractivity contribution in [1.29, 1.82) is 0 Å². The molecule has 152 valence electrons. The summed E-state index contributed by atoms with van der Waals surface area (Å²) in [5.74, 6) is 0.336. The Bertz CT molecular complexity index is 1350. The fourth-order valence-electron chi connectivity index (χ4n) is 3.38. The van der Waals surface area contributed by atoms with Gasteiger partial charge in [-0.25, -0.2) is 9.78 Å². The van der Waals surface area contributed by atoms with Gasteiger partial charge in [0.15, 0.2) is 16.9 Å². The first-order valence-electron chi connectivity index (χ1n) is 9.51. The number of nitrogens with one attached hydrogen (secondary N) is 2. The van der Waals surface area contributed by atoms with Crippen LogP contribution in [0.15, 0.2) is 64.2 Å². The second-order valence-corrected chi connectivity index (χ2v) is 7.12. The first-order valence-corrected chi connectivity index (χ1v) is 9.51. The lowest BCUT2D eigenvalue weighted by Crippen LogP contribution is -2.29. The lowest BCUT2D eigenvalue weighted by Gasteiger charge is -2.10. The van der Waals surface area contributed by atoms with E-state index >= 15 is 0 Å². The average Bonchev–Trinajstić information content (AvgIpc) is 3.10. The van der Waals surface area contributed by atoms with Crippen molar-refractivity contribution in [2.24, 2.45) is 7.05 Å². The highest BCUT2D eigenvalue weighted by molar-refractivity contribution is 5.96. The van der Waals surface area contributed by atoms with Crippen LogP contribution in [-0.2, 0) is 20.1 Å². The smallest absolute Gasteiger partial charge is 0.329 e. The molecular formula is C22H21N5O3. The van der Waals surface area contributed by atoms with Gasteiger partial charge in [0.25, 0.3) is 5.56 Å². The molecule has 0 aliphatic carbocycles. The predicted molar refractivity (Wildman–Crippen MR) is 115 cm³/mol. The second kappa shape index (κ2) is 7.82. The zero-order chi connectivity index (χ0) is 21.3. The number of nitrogens with zero attached hydrogens (tertiary/aromatic N) is 3. The molecule has 2 heterocycles. The zero-order valence-electron chi connectivity index (χ0n) is 16.7. The maximum absolute atomic E-state index is 12.8. The first kappa shape index (κ1) is 19.4. The maximum atomic E-state index is 12.8. The fraction of sp³-hybridized carbons (Fsp3) is 0.182. The number of aromatic nitrogens is 4. The Kier molecular flexibility index (Phi) is 5.05. The molecule has 4 aromatic rings. The number of imidazole rings is 1. The van der Waals surface area contributed by atoms with Gasteiger partial charge in [-0.15, -0.1) is 0 Å².